The Morgan fingerprint density at radius 2 is 2.22 bits per heavy atom. The van der Waals surface area contributed by atoms with E-state index in [1.54, 1.807) is 4.90 Å². The summed E-state index contributed by atoms with van der Waals surface area (Å²) in [6, 6.07) is 7.92. The normalized spacial score (nSPS) is 13.5. The molecule has 7 nitrogen and oxygen atoms in total. The van der Waals surface area contributed by atoms with Crippen molar-refractivity contribution in [2.45, 2.75) is 11.6 Å². The number of para-hydroxylation sites is 1. The third-order valence-electron chi connectivity index (χ3n) is 3.82. The predicted octanol–water partition coefficient (Wildman–Crippen LogP) is 1.33. The number of thioether (sulfide) groups is 1. The molecule has 0 saturated heterocycles. The van der Waals surface area contributed by atoms with Crippen LogP contribution in [0.15, 0.2) is 40.4 Å². The highest BCUT2D eigenvalue weighted by Gasteiger charge is 2.24. The van der Waals surface area contributed by atoms with Gasteiger partial charge in [-0.1, -0.05) is 30.0 Å². The first-order valence-corrected chi connectivity index (χ1v) is 8.15. The molecule has 2 aromatic heterocycles. The van der Waals surface area contributed by atoms with Gasteiger partial charge in [-0.3, -0.25) is 14.7 Å². The van der Waals surface area contributed by atoms with Crippen LogP contribution in [0.25, 0.3) is 11.0 Å². The number of benzene rings is 1. The molecule has 0 radical (unpaired) electrons. The van der Waals surface area contributed by atoms with Gasteiger partial charge in [-0.15, -0.1) is 0 Å². The summed E-state index contributed by atoms with van der Waals surface area (Å²) in [7, 11) is 0. The molecular weight excluding hydrogens is 314 g/mol. The first kappa shape index (κ1) is 14.0. The molecule has 1 aliphatic heterocycles. The van der Waals surface area contributed by atoms with E-state index in [0.717, 1.165) is 12.1 Å². The van der Waals surface area contributed by atoms with Crippen LogP contribution in [0.4, 0.5) is 5.69 Å². The number of fused-ring (bicyclic) bond motifs is 2. The first-order valence-electron chi connectivity index (χ1n) is 7.17. The topological polar surface area (TPSA) is 94.7 Å². The van der Waals surface area contributed by atoms with Gasteiger partial charge in [0.05, 0.1) is 11.9 Å². The predicted molar refractivity (Wildman–Crippen MR) is 87.7 cm³/mol. The minimum Gasteiger partial charge on any atom is -0.311 e. The lowest BCUT2D eigenvalue weighted by Crippen LogP contribution is -2.30. The second-order valence-electron chi connectivity index (χ2n) is 5.22. The zero-order valence-electron chi connectivity index (χ0n) is 12.1. The highest BCUT2D eigenvalue weighted by Crippen LogP contribution is 2.28. The number of aromatic amines is 2. The molecule has 0 fully saturated rings. The summed E-state index contributed by atoms with van der Waals surface area (Å²) in [4.78, 5) is 33.0. The van der Waals surface area contributed by atoms with Crippen LogP contribution in [-0.4, -0.2) is 38.4 Å². The third-order valence-corrected chi connectivity index (χ3v) is 4.68. The molecule has 0 atom stereocenters. The quantitative estimate of drug-likeness (QED) is 0.559. The number of H-pyrrole nitrogens is 2. The summed E-state index contributed by atoms with van der Waals surface area (Å²) in [6.07, 6.45) is 2.31. The second kappa shape index (κ2) is 5.54. The van der Waals surface area contributed by atoms with Gasteiger partial charge in [-0.05, 0) is 18.1 Å². The molecule has 4 rings (SSSR count). The molecule has 0 aliphatic carbocycles. The standard InChI is InChI=1S/C15H13N5O2S/c21-12(20-6-5-9-3-1-2-4-11(9)20)8-23-15-17-13-10(7-16-19-13)14(22)18-15/h1-4,7H,5-6,8H2,(H2,16,17,18,19,22). The molecule has 1 amide bonds. The van der Waals surface area contributed by atoms with E-state index in [2.05, 4.69) is 20.2 Å². The van der Waals surface area contributed by atoms with Crippen LogP contribution in [0.5, 0.6) is 0 Å². The number of rotatable bonds is 3. The Hall–Kier alpha value is -2.61. The average Bonchev–Trinajstić information content (AvgIpc) is 3.19. The monoisotopic (exact) mass is 327 g/mol. The number of carbonyl (C=O) groups is 1. The summed E-state index contributed by atoms with van der Waals surface area (Å²) < 4.78 is 0. The molecule has 116 valence electrons. The van der Waals surface area contributed by atoms with Gasteiger partial charge < -0.3 is 9.88 Å². The van der Waals surface area contributed by atoms with Gasteiger partial charge in [0.2, 0.25) is 5.91 Å². The highest BCUT2D eigenvalue weighted by molar-refractivity contribution is 7.99. The van der Waals surface area contributed by atoms with Crippen molar-refractivity contribution in [1.29, 1.82) is 0 Å². The van der Waals surface area contributed by atoms with E-state index in [9.17, 15) is 9.59 Å². The minimum atomic E-state index is -0.259. The van der Waals surface area contributed by atoms with Crippen molar-refractivity contribution in [3.63, 3.8) is 0 Å². The van der Waals surface area contributed by atoms with Crippen LogP contribution in [0.2, 0.25) is 0 Å². The lowest BCUT2D eigenvalue weighted by atomic mass is 10.2. The molecule has 0 spiro atoms. The van der Waals surface area contributed by atoms with Crippen molar-refractivity contribution in [2.24, 2.45) is 0 Å². The Bertz CT molecular complexity index is 948. The zero-order valence-corrected chi connectivity index (χ0v) is 12.9. The van der Waals surface area contributed by atoms with Crippen LogP contribution >= 0.6 is 11.8 Å². The molecule has 0 saturated carbocycles. The van der Waals surface area contributed by atoms with E-state index in [-0.39, 0.29) is 17.2 Å². The van der Waals surface area contributed by atoms with Gasteiger partial charge in [-0.25, -0.2) is 4.98 Å². The van der Waals surface area contributed by atoms with Gasteiger partial charge >= 0.3 is 0 Å². The molecule has 0 unspecified atom stereocenters. The van der Waals surface area contributed by atoms with E-state index in [4.69, 9.17) is 0 Å². The number of aromatic nitrogens is 4. The first-order chi connectivity index (χ1) is 11.2. The summed E-state index contributed by atoms with van der Waals surface area (Å²) in [5, 5.41) is 7.28. The SMILES string of the molecule is O=C(CSc1nc2[nH]ncc2c(=O)[nH]1)N1CCc2ccccc21. The Morgan fingerprint density at radius 1 is 1.35 bits per heavy atom. The Kier molecular flexibility index (Phi) is 3.38. The van der Waals surface area contributed by atoms with Crippen LogP contribution in [0.3, 0.4) is 0 Å². The third kappa shape index (κ3) is 2.50. The Morgan fingerprint density at radius 3 is 3.13 bits per heavy atom. The van der Waals surface area contributed by atoms with Crippen LogP contribution in [0.1, 0.15) is 5.56 Å². The van der Waals surface area contributed by atoms with Crippen molar-refractivity contribution in [2.75, 3.05) is 17.2 Å². The van der Waals surface area contributed by atoms with Crippen molar-refractivity contribution in [3.05, 3.63) is 46.4 Å². The number of amides is 1. The summed E-state index contributed by atoms with van der Waals surface area (Å²) in [6.45, 7) is 0.697. The molecular formula is C15H13N5O2S. The number of hydrogen-bond acceptors (Lipinski definition) is 5. The van der Waals surface area contributed by atoms with Crippen LogP contribution < -0.4 is 10.5 Å². The molecule has 23 heavy (non-hydrogen) atoms. The zero-order chi connectivity index (χ0) is 15.8. The van der Waals surface area contributed by atoms with E-state index >= 15 is 0 Å². The summed E-state index contributed by atoms with van der Waals surface area (Å²) >= 11 is 1.22. The van der Waals surface area contributed by atoms with E-state index < -0.39 is 0 Å². The molecule has 1 aromatic carbocycles. The lowest BCUT2D eigenvalue weighted by molar-refractivity contribution is -0.116. The number of nitrogens with one attached hydrogen (secondary N) is 2. The molecule has 3 aromatic rings. The highest BCUT2D eigenvalue weighted by atomic mass is 32.2. The summed E-state index contributed by atoms with van der Waals surface area (Å²) in [5.41, 5.74) is 2.33. The van der Waals surface area contributed by atoms with Gasteiger partial charge in [-0.2, -0.15) is 5.10 Å². The maximum Gasteiger partial charge on any atom is 0.262 e. The van der Waals surface area contributed by atoms with Gasteiger partial charge in [0, 0.05) is 12.2 Å². The van der Waals surface area contributed by atoms with E-state index in [0.29, 0.717) is 22.7 Å². The number of nitrogens with zero attached hydrogens (tertiary/aromatic N) is 3. The van der Waals surface area contributed by atoms with Crippen LogP contribution in [-0.2, 0) is 11.2 Å². The molecule has 1 aliphatic rings. The fraction of sp³-hybridized carbons (Fsp3) is 0.200. The average molecular weight is 327 g/mol. The molecule has 3 heterocycles. The van der Waals surface area contributed by atoms with E-state index in [1.807, 2.05) is 24.3 Å². The van der Waals surface area contributed by atoms with Gasteiger partial charge in [0.25, 0.3) is 5.56 Å². The van der Waals surface area contributed by atoms with Crippen molar-refractivity contribution in [1.82, 2.24) is 20.2 Å². The maximum absolute atomic E-state index is 12.4. The number of carbonyl (C=O) groups excluding carboxylic acids is 1. The van der Waals surface area contributed by atoms with Crippen LogP contribution in [0, 0.1) is 0 Å². The fourth-order valence-corrected chi connectivity index (χ4v) is 3.44. The van der Waals surface area contributed by atoms with E-state index in [1.165, 1.54) is 23.5 Å². The Labute approximate surface area is 135 Å². The molecule has 8 heteroatoms. The number of anilines is 1. The largest absolute Gasteiger partial charge is 0.311 e. The Balaban J connectivity index is 1.50. The van der Waals surface area contributed by atoms with Gasteiger partial charge in [0.1, 0.15) is 5.39 Å². The van der Waals surface area contributed by atoms with Crippen molar-refractivity contribution < 1.29 is 4.79 Å². The fourth-order valence-electron chi connectivity index (χ4n) is 2.70. The summed E-state index contributed by atoms with van der Waals surface area (Å²) in [5.74, 6) is 0.226. The van der Waals surface area contributed by atoms with Crippen molar-refractivity contribution >= 4 is 34.4 Å². The van der Waals surface area contributed by atoms with Crippen molar-refractivity contribution in [3.8, 4) is 0 Å². The minimum absolute atomic E-state index is 0.00677. The second-order valence-corrected chi connectivity index (χ2v) is 6.18. The smallest absolute Gasteiger partial charge is 0.262 e. The number of hydrogen-bond donors (Lipinski definition) is 2. The molecule has 0 bridgehead atoms. The van der Waals surface area contributed by atoms with Gasteiger partial charge in [0.15, 0.2) is 10.8 Å². The lowest BCUT2D eigenvalue weighted by Gasteiger charge is -2.16. The maximum atomic E-state index is 12.4. The molecule has 2 N–H and O–H groups in total.